The summed E-state index contributed by atoms with van der Waals surface area (Å²) in [6, 6.07) is 6.47. The molecule has 0 bridgehead atoms. The van der Waals surface area contributed by atoms with Crippen LogP contribution in [0.1, 0.15) is 12.0 Å². The summed E-state index contributed by atoms with van der Waals surface area (Å²) in [6.07, 6.45) is -2.04. The van der Waals surface area contributed by atoms with Gasteiger partial charge in [-0.3, -0.25) is 0 Å². The number of hydrogen-bond acceptors (Lipinski definition) is 3. The first-order valence-corrected chi connectivity index (χ1v) is 4.43. The number of nitriles is 2. The molecule has 6 heteroatoms. The highest BCUT2D eigenvalue weighted by Crippen LogP contribution is 2.29. The Labute approximate surface area is 95.4 Å². The number of benzene rings is 1. The van der Waals surface area contributed by atoms with Gasteiger partial charge in [-0.2, -0.15) is 10.5 Å². The van der Waals surface area contributed by atoms with Crippen LogP contribution in [0, 0.1) is 28.5 Å². The van der Waals surface area contributed by atoms with Gasteiger partial charge in [-0.25, -0.2) is 13.2 Å². The summed E-state index contributed by atoms with van der Waals surface area (Å²) < 4.78 is 38.2. The van der Waals surface area contributed by atoms with Crippen LogP contribution in [0.2, 0.25) is 0 Å². The zero-order valence-electron chi connectivity index (χ0n) is 8.42. The second-order valence-electron chi connectivity index (χ2n) is 2.93. The molecule has 0 saturated heterocycles. The number of rotatable bonds is 3. The number of anilines is 1. The van der Waals surface area contributed by atoms with Crippen molar-refractivity contribution in [3.8, 4) is 12.1 Å². The van der Waals surface area contributed by atoms with Gasteiger partial charge in [0.05, 0.1) is 5.56 Å². The van der Waals surface area contributed by atoms with Crippen LogP contribution >= 0.6 is 0 Å². The SMILES string of the molecule is N#CC(C#N)=CNc1cccc(F)c1C(F)F. The Balaban J connectivity index is 3.09. The smallest absolute Gasteiger partial charge is 0.268 e. The molecule has 0 aliphatic heterocycles. The maximum absolute atomic E-state index is 13.1. The summed E-state index contributed by atoms with van der Waals surface area (Å²) in [4.78, 5) is 0. The summed E-state index contributed by atoms with van der Waals surface area (Å²) >= 11 is 0. The lowest BCUT2D eigenvalue weighted by Gasteiger charge is -2.09. The molecule has 0 unspecified atom stereocenters. The zero-order chi connectivity index (χ0) is 12.8. The van der Waals surface area contributed by atoms with Crippen LogP contribution in [0.4, 0.5) is 18.9 Å². The summed E-state index contributed by atoms with van der Waals surface area (Å²) in [5.41, 5.74) is -1.27. The number of nitrogens with one attached hydrogen (secondary N) is 1. The Morgan fingerprint density at radius 2 is 1.94 bits per heavy atom. The van der Waals surface area contributed by atoms with E-state index in [2.05, 4.69) is 5.32 Å². The van der Waals surface area contributed by atoms with Crippen LogP contribution < -0.4 is 5.32 Å². The molecule has 0 fully saturated rings. The van der Waals surface area contributed by atoms with Crippen LogP contribution in [0.5, 0.6) is 0 Å². The van der Waals surface area contributed by atoms with Crippen molar-refractivity contribution in [2.45, 2.75) is 6.43 Å². The van der Waals surface area contributed by atoms with Gasteiger partial charge in [-0.05, 0) is 12.1 Å². The molecule has 0 atom stereocenters. The molecule has 0 aliphatic rings. The molecule has 0 amide bonds. The maximum Gasteiger partial charge on any atom is 0.268 e. The van der Waals surface area contributed by atoms with Crippen molar-refractivity contribution in [1.82, 2.24) is 0 Å². The van der Waals surface area contributed by atoms with E-state index in [0.29, 0.717) is 0 Å². The molecule has 0 saturated carbocycles. The first kappa shape index (κ1) is 12.6. The third kappa shape index (κ3) is 2.99. The first-order valence-electron chi connectivity index (χ1n) is 4.43. The zero-order valence-corrected chi connectivity index (χ0v) is 8.42. The number of alkyl halides is 2. The average molecular weight is 237 g/mol. The molecule has 1 aromatic rings. The third-order valence-corrected chi connectivity index (χ3v) is 1.88. The van der Waals surface area contributed by atoms with Gasteiger partial charge >= 0.3 is 0 Å². The molecule has 1 aromatic carbocycles. The summed E-state index contributed by atoms with van der Waals surface area (Å²) in [6.45, 7) is 0. The van der Waals surface area contributed by atoms with Gasteiger partial charge in [0.1, 0.15) is 23.5 Å². The monoisotopic (exact) mass is 237 g/mol. The highest BCUT2D eigenvalue weighted by Gasteiger charge is 2.17. The summed E-state index contributed by atoms with van der Waals surface area (Å²) in [5, 5.41) is 19.2. The topological polar surface area (TPSA) is 59.6 Å². The minimum absolute atomic E-state index is 0.178. The Hall–Kier alpha value is -2.47. The van der Waals surface area contributed by atoms with E-state index in [1.54, 1.807) is 12.1 Å². The van der Waals surface area contributed by atoms with Crippen LogP contribution in [0.25, 0.3) is 0 Å². The highest BCUT2D eigenvalue weighted by atomic mass is 19.3. The lowest BCUT2D eigenvalue weighted by Crippen LogP contribution is -1.99. The van der Waals surface area contributed by atoms with Crippen molar-refractivity contribution in [2.24, 2.45) is 0 Å². The Kier molecular flexibility index (Phi) is 4.13. The molecule has 0 heterocycles. The van der Waals surface area contributed by atoms with E-state index in [9.17, 15) is 13.2 Å². The molecule has 0 aromatic heterocycles. The molecule has 1 rings (SSSR count). The van der Waals surface area contributed by atoms with Gasteiger partial charge < -0.3 is 5.32 Å². The standard InChI is InChI=1S/C11H6F3N3/c12-8-2-1-3-9(10(8)11(13)14)17-6-7(4-15)5-16/h1-3,6,11,17H. The fourth-order valence-corrected chi connectivity index (χ4v) is 1.12. The highest BCUT2D eigenvalue weighted by molar-refractivity contribution is 5.56. The maximum atomic E-state index is 13.1. The molecule has 0 radical (unpaired) electrons. The van der Waals surface area contributed by atoms with Crippen molar-refractivity contribution in [2.75, 3.05) is 5.32 Å². The van der Waals surface area contributed by atoms with Crippen LogP contribution in [-0.4, -0.2) is 0 Å². The van der Waals surface area contributed by atoms with E-state index in [-0.39, 0.29) is 11.3 Å². The number of allylic oxidation sites excluding steroid dienone is 1. The Morgan fingerprint density at radius 1 is 1.29 bits per heavy atom. The van der Waals surface area contributed by atoms with Crippen LogP contribution in [0.15, 0.2) is 30.0 Å². The predicted octanol–water partition coefficient (Wildman–Crippen LogP) is 3.11. The summed E-state index contributed by atoms with van der Waals surface area (Å²) in [7, 11) is 0. The second kappa shape index (κ2) is 5.57. The lowest BCUT2D eigenvalue weighted by atomic mass is 10.1. The van der Waals surface area contributed by atoms with E-state index in [1.165, 1.54) is 12.1 Å². The normalized spacial score (nSPS) is 9.29. The molecule has 1 N–H and O–H groups in total. The first-order chi connectivity index (χ1) is 8.10. The van der Waals surface area contributed by atoms with E-state index in [0.717, 1.165) is 12.3 Å². The minimum atomic E-state index is -2.99. The number of halogens is 3. The average Bonchev–Trinajstić information content (AvgIpc) is 2.29. The molecular weight excluding hydrogens is 231 g/mol. The Morgan fingerprint density at radius 3 is 2.47 bits per heavy atom. The van der Waals surface area contributed by atoms with Crippen molar-refractivity contribution >= 4 is 5.69 Å². The number of nitrogens with zero attached hydrogens (tertiary/aromatic N) is 2. The fourth-order valence-electron chi connectivity index (χ4n) is 1.12. The van der Waals surface area contributed by atoms with E-state index in [1.807, 2.05) is 0 Å². The predicted molar refractivity (Wildman–Crippen MR) is 54.3 cm³/mol. The fraction of sp³-hybridized carbons (Fsp3) is 0.0909. The van der Waals surface area contributed by atoms with Crippen LogP contribution in [-0.2, 0) is 0 Å². The van der Waals surface area contributed by atoms with Gasteiger partial charge in [-0.15, -0.1) is 0 Å². The van der Waals surface area contributed by atoms with Gasteiger partial charge in [0.25, 0.3) is 6.43 Å². The molecule has 3 nitrogen and oxygen atoms in total. The van der Waals surface area contributed by atoms with Crippen molar-refractivity contribution < 1.29 is 13.2 Å². The quantitative estimate of drug-likeness (QED) is 0.821. The Bertz CT molecular complexity index is 508. The molecule has 0 aliphatic carbocycles. The molecule has 0 spiro atoms. The molecule has 86 valence electrons. The van der Waals surface area contributed by atoms with Crippen molar-refractivity contribution in [3.63, 3.8) is 0 Å². The van der Waals surface area contributed by atoms with E-state index >= 15 is 0 Å². The second-order valence-corrected chi connectivity index (χ2v) is 2.93. The summed E-state index contributed by atoms with van der Waals surface area (Å²) in [5.74, 6) is -1.05. The van der Waals surface area contributed by atoms with Gasteiger partial charge in [0, 0.05) is 11.9 Å². The number of hydrogen-bond donors (Lipinski definition) is 1. The molecule has 17 heavy (non-hydrogen) atoms. The largest absolute Gasteiger partial charge is 0.359 e. The minimum Gasteiger partial charge on any atom is -0.359 e. The van der Waals surface area contributed by atoms with E-state index < -0.39 is 17.8 Å². The van der Waals surface area contributed by atoms with Gasteiger partial charge in [-0.1, -0.05) is 6.07 Å². The lowest BCUT2D eigenvalue weighted by molar-refractivity contribution is 0.147. The van der Waals surface area contributed by atoms with Crippen LogP contribution in [0.3, 0.4) is 0 Å². The third-order valence-electron chi connectivity index (χ3n) is 1.88. The van der Waals surface area contributed by atoms with Gasteiger partial charge in [0.2, 0.25) is 0 Å². The van der Waals surface area contributed by atoms with Crippen molar-refractivity contribution in [1.29, 1.82) is 10.5 Å². The van der Waals surface area contributed by atoms with E-state index in [4.69, 9.17) is 10.5 Å². The van der Waals surface area contributed by atoms with Gasteiger partial charge in [0.15, 0.2) is 0 Å². The van der Waals surface area contributed by atoms with Crippen molar-refractivity contribution in [3.05, 3.63) is 41.4 Å². The molecular formula is C11H6F3N3.